The predicted molar refractivity (Wildman–Crippen MR) is 74.7 cm³/mol. The van der Waals surface area contributed by atoms with Crippen LogP contribution >= 0.6 is 11.8 Å². The molecule has 1 unspecified atom stereocenters. The van der Waals surface area contributed by atoms with Gasteiger partial charge in [0, 0.05) is 12.1 Å². The molecule has 0 spiro atoms. The Kier molecular flexibility index (Phi) is 5.74. The molecule has 0 aliphatic carbocycles. The summed E-state index contributed by atoms with van der Waals surface area (Å²) in [5, 5.41) is 14.7. The molecule has 0 aliphatic rings. The van der Waals surface area contributed by atoms with E-state index in [0.29, 0.717) is 18.2 Å². The van der Waals surface area contributed by atoms with Crippen LogP contribution < -0.4 is 11.1 Å². The second-order valence-corrected chi connectivity index (χ2v) is 6.27. The van der Waals surface area contributed by atoms with E-state index in [1.165, 1.54) is 11.8 Å². The molecule has 1 heterocycles. The van der Waals surface area contributed by atoms with Crippen molar-refractivity contribution in [2.75, 3.05) is 6.54 Å². The van der Waals surface area contributed by atoms with E-state index < -0.39 is 0 Å². The van der Waals surface area contributed by atoms with Gasteiger partial charge in [-0.1, -0.05) is 18.7 Å². The Bertz CT molecular complexity index is 419. The van der Waals surface area contributed by atoms with E-state index in [4.69, 9.17) is 5.73 Å². The molecule has 1 amide bonds. The summed E-state index contributed by atoms with van der Waals surface area (Å²) in [6.07, 6.45) is 0.876. The molecule has 0 fully saturated rings. The van der Waals surface area contributed by atoms with Crippen LogP contribution in [0.1, 0.15) is 34.1 Å². The first kappa shape index (κ1) is 15.9. The molecule has 108 valence electrons. The van der Waals surface area contributed by atoms with Crippen molar-refractivity contribution >= 4 is 17.7 Å². The minimum absolute atomic E-state index is 0.0147. The zero-order chi connectivity index (χ0) is 14.5. The molecule has 7 nitrogen and oxygen atoms in total. The fourth-order valence-corrected chi connectivity index (χ4v) is 2.09. The molecule has 1 aromatic heterocycles. The van der Waals surface area contributed by atoms with E-state index in [9.17, 15) is 4.79 Å². The standard InChI is InChI=1S/C11H22N6OS/c1-5-11(3,4)13-9(18)8(2)19-10-14-15-16-17(10)7-6-12/h8H,5-7,12H2,1-4H3,(H,13,18). The van der Waals surface area contributed by atoms with Crippen LogP contribution in [0.25, 0.3) is 0 Å². The van der Waals surface area contributed by atoms with Gasteiger partial charge in [-0.15, -0.1) is 5.10 Å². The molecular formula is C11H22N6OS. The summed E-state index contributed by atoms with van der Waals surface area (Å²) in [5.41, 5.74) is 5.28. The molecule has 19 heavy (non-hydrogen) atoms. The quantitative estimate of drug-likeness (QED) is 0.705. The van der Waals surface area contributed by atoms with Gasteiger partial charge in [0.1, 0.15) is 0 Å². The first-order valence-corrected chi connectivity index (χ1v) is 7.22. The summed E-state index contributed by atoms with van der Waals surface area (Å²) in [5.74, 6) is -0.0147. The largest absolute Gasteiger partial charge is 0.350 e. The summed E-state index contributed by atoms with van der Waals surface area (Å²) in [4.78, 5) is 12.1. The SMILES string of the molecule is CCC(C)(C)NC(=O)C(C)Sc1nnnn1CCN. The van der Waals surface area contributed by atoms with E-state index in [2.05, 4.69) is 20.8 Å². The Morgan fingerprint density at radius 3 is 2.84 bits per heavy atom. The van der Waals surface area contributed by atoms with Crippen molar-refractivity contribution in [3.05, 3.63) is 0 Å². The molecule has 1 aromatic rings. The lowest BCUT2D eigenvalue weighted by atomic mass is 10.0. The van der Waals surface area contributed by atoms with Crippen LogP contribution in [0.15, 0.2) is 5.16 Å². The first-order chi connectivity index (χ1) is 8.89. The van der Waals surface area contributed by atoms with Crippen LogP contribution in [0.2, 0.25) is 0 Å². The number of rotatable bonds is 7. The maximum atomic E-state index is 12.1. The topological polar surface area (TPSA) is 98.7 Å². The summed E-state index contributed by atoms with van der Waals surface area (Å²) in [6, 6.07) is 0. The highest BCUT2D eigenvalue weighted by Gasteiger charge is 2.24. The summed E-state index contributed by atoms with van der Waals surface area (Å²) in [7, 11) is 0. The maximum absolute atomic E-state index is 12.1. The number of nitrogens with zero attached hydrogens (tertiary/aromatic N) is 4. The van der Waals surface area contributed by atoms with Crippen molar-refractivity contribution < 1.29 is 4.79 Å². The molecular weight excluding hydrogens is 264 g/mol. The smallest absolute Gasteiger partial charge is 0.233 e. The van der Waals surface area contributed by atoms with E-state index in [-0.39, 0.29) is 16.7 Å². The van der Waals surface area contributed by atoms with Crippen molar-refractivity contribution in [2.24, 2.45) is 5.73 Å². The van der Waals surface area contributed by atoms with Crippen LogP contribution in [0.4, 0.5) is 0 Å². The fourth-order valence-electron chi connectivity index (χ4n) is 1.28. The summed E-state index contributed by atoms with van der Waals surface area (Å²) in [6.45, 7) is 8.89. The van der Waals surface area contributed by atoms with Crippen molar-refractivity contribution in [2.45, 2.75) is 56.6 Å². The second kappa shape index (κ2) is 6.85. The number of carbonyl (C=O) groups is 1. The number of aromatic nitrogens is 4. The summed E-state index contributed by atoms with van der Waals surface area (Å²) >= 11 is 1.34. The number of hydrogen-bond donors (Lipinski definition) is 2. The Labute approximate surface area is 117 Å². The average molecular weight is 286 g/mol. The number of nitrogens with two attached hydrogens (primary N) is 1. The minimum Gasteiger partial charge on any atom is -0.350 e. The molecule has 0 aromatic carbocycles. The Morgan fingerprint density at radius 1 is 1.58 bits per heavy atom. The average Bonchev–Trinajstić information content (AvgIpc) is 2.76. The third-order valence-electron chi connectivity index (χ3n) is 2.84. The molecule has 3 N–H and O–H groups in total. The lowest BCUT2D eigenvalue weighted by molar-refractivity contribution is -0.121. The van der Waals surface area contributed by atoms with Gasteiger partial charge in [-0.3, -0.25) is 4.79 Å². The van der Waals surface area contributed by atoms with Crippen LogP contribution in [-0.4, -0.2) is 43.4 Å². The van der Waals surface area contributed by atoms with Gasteiger partial charge in [0.2, 0.25) is 11.1 Å². The van der Waals surface area contributed by atoms with Gasteiger partial charge in [-0.25, -0.2) is 4.68 Å². The Morgan fingerprint density at radius 2 is 2.26 bits per heavy atom. The Hall–Kier alpha value is -1.15. The maximum Gasteiger partial charge on any atom is 0.233 e. The van der Waals surface area contributed by atoms with Crippen LogP contribution in [0.3, 0.4) is 0 Å². The lowest BCUT2D eigenvalue weighted by Gasteiger charge is -2.26. The zero-order valence-electron chi connectivity index (χ0n) is 11.9. The van der Waals surface area contributed by atoms with Crippen molar-refractivity contribution in [1.29, 1.82) is 0 Å². The molecule has 1 atom stereocenters. The van der Waals surface area contributed by atoms with Crippen LogP contribution in [-0.2, 0) is 11.3 Å². The van der Waals surface area contributed by atoms with Crippen molar-refractivity contribution in [3.63, 3.8) is 0 Å². The van der Waals surface area contributed by atoms with Gasteiger partial charge in [0.15, 0.2) is 0 Å². The van der Waals surface area contributed by atoms with Crippen LogP contribution in [0.5, 0.6) is 0 Å². The molecule has 8 heteroatoms. The number of amides is 1. The predicted octanol–water partition coefficient (Wildman–Crippen LogP) is 0.417. The highest BCUT2D eigenvalue weighted by molar-refractivity contribution is 8.00. The van der Waals surface area contributed by atoms with Crippen LogP contribution in [0, 0.1) is 0 Å². The lowest BCUT2D eigenvalue weighted by Crippen LogP contribution is -2.46. The molecule has 0 radical (unpaired) electrons. The number of hydrogen-bond acceptors (Lipinski definition) is 6. The van der Waals surface area contributed by atoms with E-state index in [0.717, 1.165) is 6.42 Å². The highest BCUT2D eigenvalue weighted by atomic mass is 32.2. The molecule has 0 saturated heterocycles. The first-order valence-electron chi connectivity index (χ1n) is 6.34. The third-order valence-corrected chi connectivity index (χ3v) is 3.91. The molecule has 0 saturated carbocycles. The number of thioether (sulfide) groups is 1. The number of carbonyl (C=O) groups excluding carboxylic acids is 1. The van der Waals surface area contributed by atoms with Gasteiger partial charge >= 0.3 is 0 Å². The number of tetrazole rings is 1. The summed E-state index contributed by atoms with van der Waals surface area (Å²) < 4.78 is 1.61. The van der Waals surface area contributed by atoms with Gasteiger partial charge in [0.25, 0.3) is 0 Å². The van der Waals surface area contributed by atoms with Gasteiger partial charge < -0.3 is 11.1 Å². The highest BCUT2D eigenvalue weighted by Crippen LogP contribution is 2.21. The van der Waals surface area contributed by atoms with Gasteiger partial charge in [0.05, 0.1) is 11.8 Å². The fraction of sp³-hybridized carbons (Fsp3) is 0.818. The van der Waals surface area contributed by atoms with Gasteiger partial charge in [-0.05, 0) is 37.6 Å². The molecule has 1 rings (SSSR count). The second-order valence-electron chi connectivity index (χ2n) is 4.96. The minimum atomic E-state index is -0.256. The molecule has 0 bridgehead atoms. The number of nitrogens with one attached hydrogen (secondary N) is 1. The Balaban J connectivity index is 2.61. The van der Waals surface area contributed by atoms with E-state index in [1.807, 2.05) is 27.7 Å². The van der Waals surface area contributed by atoms with E-state index in [1.54, 1.807) is 4.68 Å². The zero-order valence-corrected chi connectivity index (χ0v) is 12.7. The normalized spacial score (nSPS) is 13.3. The third kappa shape index (κ3) is 4.79. The van der Waals surface area contributed by atoms with Crippen molar-refractivity contribution in [1.82, 2.24) is 25.5 Å². The molecule has 0 aliphatic heterocycles. The van der Waals surface area contributed by atoms with Crippen molar-refractivity contribution in [3.8, 4) is 0 Å². The monoisotopic (exact) mass is 286 g/mol. The van der Waals surface area contributed by atoms with Gasteiger partial charge in [-0.2, -0.15) is 0 Å². The van der Waals surface area contributed by atoms with E-state index >= 15 is 0 Å².